The molecule has 6 aliphatic heterocycles. The zero-order chi connectivity index (χ0) is 55.4. The first-order valence-electron chi connectivity index (χ1n) is 28.9. The van der Waals surface area contributed by atoms with Gasteiger partial charge in [0.25, 0.3) is 6.71 Å². The molecule has 0 saturated heterocycles. The summed E-state index contributed by atoms with van der Waals surface area (Å²) in [6.07, 6.45) is 0. The lowest BCUT2D eigenvalue weighted by atomic mass is 9.31. The molecule has 0 aliphatic carbocycles. The normalized spacial score (nSPS) is 14.0. The molecule has 13 aromatic rings. The minimum absolute atomic E-state index is 0.205. The first-order valence-corrected chi connectivity index (χ1v) is 28.9. The van der Waals surface area contributed by atoms with E-state index in [2.05, 4.69) is 261 Å². The van der Waals surface area contributed by atoms with Gasteiger partial charge in [0.15, 0.2) is 23.0 Å². The van der Waals surface area contributed by atoms with Crippen molar-refractivity contribution in [2.24, 2.45) is 0 Å². The Hall–Kier alpha value is -11.3. The number of para-hydroxylation sites is 13. The number of hydrogen-bond acceptors (Lipinski definition) is 9. The third kappa shape index (κ3) is 6.60. The van der Waals surface area contributed by atoms with Gasteiger partial charge < -0.3 is 43.1 Å². The third-order valence-corrected chi connectivity index (χ3v) is 17.8. The molecule has 0 atom stereocenters. The van der Waals surface area contributed by atoms with Crippen LogP contribution < -0.4 is 71.7 Å². The molecule has 0 fully saturated rings. The molecular formula is C74H45B2N5O4. The molecule has 0 N–H and O–H groups in total. The standard InChI is InChI=1S/C74H45B2N5O4/c1-4-22-46(23-5-1)77-55-30-12-11-29-52(55)75-53-44-54-69(45-60(53)78(47-24-6-2-7-25-47)62-41-49(40-61(77)71(62)75)79-56-31-13-18-36-65(56)82-66-37-19-14-32-57(66)79)84-70-43-50(80-58-33-15-20-38-67(58)83-68-39-21-16-34-59(68)80)42-63-72(70)76(54)74-73(51-28-10-17-35-64(51)85-74)81(63)48-26-8-3-9-27-48/h1-45H. The predicted molar refractivity (Wildman–Crippen MR) is 346 cm³/mol. The summed E-state index contributed by atoms with van der Waals surface area (Å²) in [7, 11) is 0. The van der Waals surface area contributed by atoms with Gasteiger partial charge in [-0.15, -0.1) is 0 Å². The van der Waals surface area contributed by atoms with Crippen LogP contribution in [-0.2, 0) is 0 Å². The van der Waals surface area contributed by atoms with E-state index in [0.717, 1.165) is 147 Å². The molecule has 0 spiro atoms. The molecule has 0 bridgehead atoms. The molecule has 0 saturated carbocycles. The van der Waals surface area contributed by atoms with Crippen LogP contribution in [0, 0.1) is 0 Å². The second-order valence-electron chi connectivity index (χ2n) is 22.3. The van der Waals surface area contributed by atoms with E-state index in [-0.39, 0.29) is 13.4 Å². The fraction of sp³-hybridized carbons (Fsp3) is 0. The minimum Gasteiger partial charge on any atom is -0.468 e. The summed E-state index contributed by atoms with van der Waals surface area (Å²) in [6, 6.07) is 97.1. The summed E-state index contributed by atoms with van der Waals surface area (Å²) in [5.74, 6) is 4.64. The number of furan rings is 1. The topological polar surface area (TPSA) is 57.0 Å². The summed E-state index contributed by atoms with van der Waals surface area (Å²) >= 11 is 0. The fourth-order valence-corrected chi connectivity index (χ4v) is 14.4. The highest BCUT2D eigenvalue weighted by Gasteiger charge is 2.50. The van der Waals surface area contributed by atoms with Gasteiger partial charge in [-0.05, 0) is 143 Å². The lowest BCUT2D eigenvalue weighted by Crippen LogP contribution is -2.64. The van der Waals surface area contributed by atoms with Crippen molar-refractivity contribution in [1.82, 2.24) is 0 Å². The molecule has 85 heavy (non-hydrogen) atoms. The molecule has 11 heteroatoms. The van der Waals surface area contributed by atoms with Crippen LogP contribution in [0.4, 0.5) is 85.3 Å². The maximum atomic E-state index is 7.71. The van der Waals surface area contributed by atoms with Gasteiger partial charge in [0.2, 0.25) is 0 Å². The van der Waals surface area contributed by atoms with Crippen LogP contribution in [0.15, 0.2) is 277 Å². The van der Waals surface area contributed by atoms with E-state index in [1.54, 1.807) is 0 Å². The fourth-order valence-electron chi connectivity index (χ4n) is 14.4. The van der Waals surface area contributed by atoms with E-state index in [1.807, 2.05) is 36.4 Å². The van der Waals surface area contributed by atoms with Crippen molar-refractivity contribution in [3.8, 4) is 34.5 Å². The molecule has 19 rings (SSSR count). The zero-order valence-corrected chi connectivity index (χ0v) is 45.5. The van der Waals surface area contributed by atoms with E-state index < -0.39 is 0 Å². The largest absolute Gasteiger partial charge is 0.468 e. The molecule has 9 nitrogen and oxygen atoms in total. The van der Waals surface area contributed by atoms with E-state index >= 15 is 0 Å². The van der Waals surface area contributed by atoms with Crippen LogP contribution in [0.5, 0.6) is 34.5 Å². The van der Waals surface area contributed by atoms with Gasteiger partial charge in [-0.3, -0.25) is 0 Å². The Kier molecular flexibility index (Phi) is 9.60. The van der Waals surface area contributed by atoms with Gasteiger partial charge in [-0.1, -0.05) is 140 Å². The number of nitrogens with zero attached hydrogens (tertiary/aromatic N) is 5. The van der Waals surface area contributed by atoms with Gasteiger partial charge in [0.1, 0.15) is 17.1 Å². The second-order valence-corrected chi connectivity index (χ2v) is 22.3. The number of anilines is 15. The first-order chi connectivity index (χ1) is 42.2. The Labute approximate surface area is 490 Å². The number of benzene rings is 12. The second kappa shape index (κ2) is 17.6. The summed E-state index contributed by atoms with van der Waals surface area (Å²) in [4.78, 5) is 12.0. The molecule has 7 heterocycles. The lowest BCUT2D eigenvalue weighted by molar-refractivity contribution is 0.476. The average Bonchev–Trinajstić information content (AvgIpc) is 1.69. The van der Waals surface area contributed by atoms with Crippen LogP contribution in [0.1, 0.15) is 0 Å². The monoisotopic (exact) mass is 1090 g/mol. The Morgan fingerprint density at radius 2 is 0.671 bits per heavy atom. The van der Waals surface area contributed by atoms with E-state index in [0.29, 0.717) is 0 Å². The van der Waals surface area contributed by atoms with Crippen LogP contribution in [0.3, 0.4) is 0 Å². The Morgan fingerprint density at radius 3 is 1.24 bits per heavy atom. The quantitative estimate of drug-likeness (QED) is 0.157. The first kappa shape index (κ1) is 46.3. The molecule has 6 aliphatic rings. The van der Waals surface area contributed by atoms with Crippen molar-refractivity contribution in [1.29, 1.82) is 0 Å². The van der Waals surface area contributed by atoms with Gasteiger partial charge in [-0.25, -0.2) is 0 Å². The van der Waals surface area contributed by atoms with Crippen LogP contribution >= 0.6 is 0 Å². The molecule has 0 unspecified atom stereocenters. The van der Waals surface area contributed by atoms with Crippen LogP contribution in [0.2, 0.25) is 0 Å². The number of rotatable bonds is 5. The highest BCUT2D eigenvalue weighted by molar-refractivity contribution is 7.02. The van der Waals surface area contributed by atoms with Crippen molar-refractivity contribution in [2.75, 3.05) is 24.5 Å². The Balaban J connectivity index is 0.903. The predicted octanol–water partition coefficient (Wildman–Crippen LogP) is 16.1. The number of hydrogen-bond donors (Lipinski definition) is 0. The lowest BCUT2D eigenvalue weighted by Gasteiger charge is -2.46. The number of ether oxygens (including phenoxy) is 3. The molecule has 396 valence electrons. The maximum Gasteiger partial charge on any atom is 0.301 e. The summed E-state index contributed by atoms with van der Waals surface area (Å²) in [5.41, 5.74) is 22.5. The maximum absolute atomic E-state index is 7.71. The third-order valence-electron chi connectivity index (χ3n) is 17.8. The van der Waals surface area contributed by atoms with Gasteiger partial charge in [-0.2, -0.15) is 0 Å². The zero-order valence-electron chi connectivity index (χ0n) is 45.5. The summed E-state index contributed by atoms with van der Waals surface area (Å²) in [6.45, 7) is -0.571. The highest BCUT2D eigenvalue weighted by Crippen LogP contribution is 2.56. The van der Waals surface area contributed by atoms with Crippen molar-refractivity contribution in [3.63, 3.8) is 0 Å². The molecule has 0 amide bonds. The average molecular weight is 1090 g/mol. The summed E-state index contributed by atoms with van der Waals surface area (Å²) < 4.78 is 28.3. The summed E-state index contributed by atoms with van der Waals surface area (Å²) in [5, 5.41) is 1.03. The van der Waals surface area contributed by atoms with Crippen LogP contribution in [0.25, 0.3) is 11.0 Å². The molecule has 0 radical (unpaired) electrons. The van der Waals surface area contributed by atoms with Gasteiger partial charge in [0.05, 0.1) is 45.5 Å². The Morgan fingerprint density at radius 1 is 0.247 bits per heavy atom. The van der Waals surface area contributed by atoms with E-state index in [4.69, 9.17) is 18.6 Å². The number of fused-ring (bicyclic) bond motifs is 14. The van der Waals surface area contributed by atoms with Crippen molar-refractivity contribution >= 4 is 143 Å². The Bertz CT molecular complexity index is 4870. The molecule has 12 aromatic carbocycles. The SMILES string of the molecule is c1ccc(N2c3ccccc3B3c4cc5c(cc4N(c4ccccc4)c4cc(N6c7ccccc7Oc7ccccc76)cc2c43)Oc2cc(N3c4ccccc4Oc4ccccc43)cc3c2B5c2oc4ccccc4c2N3c2ccccc2)cc1. The van der Waals surface area contributed by atoms with Crippen molar-refractivity contribution in [2.45, 2.75) is 0 Å². The highest BCUT2D eigenvalue weighted by atomic mass is 16.5. The van der Waals surface area contributed by atoms with Crippen molar-refractivity contribution < 1.29 is 18.6 Å². The molecule has 1 aromatic heterocycles. The van der Waals surface area contributed by atoms with Gasteiger partial charge in [0, 0.05) is 68.5 Å². The van der Waals surface area contributed by atoms with Crippen LogP contribution in [-0.4, -0.2) is 13.4 Å². The van der Waals surface area contributed by atoms with Crippen molar-refractivity contribution in [3.05, 3.63) is 273 Å². The smallest absolute Gasteiger partial charge is 0.301 e. The van der Waals surface area contributed by atoms with E-state index in [9.17, 15) is 0 Å². The molecular weight excluding hydrogens is 1040 g/mol. The van der Waals surface area contributed by atoms with E-state index in [1.165, 1.54) is 16.4 Å². The van der Waals surface area contributed by atoms with Gasteiger partial charge >= 0.3 is 6.71 Å². The minimum atomic E-state index is -0.366.